The van der Waals surface area contributed by atoms with Gasteiger partial charge in [0.25, 0.3) is 0 Å². The number of esters is 2. The normalized spacial score (nSPS) is 19.2. The first-order valence-electron chi connectivity index (χ1n) is 34.6. The number of fused-ring (bicyclic) bond motifs is 5. The number of Topliss-reactive ketones (excluding diaryl/α,β-unsaturated/α-hetero) is 4. The Morgan fingerprint density at radius 2 is 0.902 bits per heavy atom. The summed E-state index contributed by atoms with van der Waals surface area (Å²) in [4.78, 5) is 92.0. The molecular formula is C73H123IKN4O10S2Y. The number of carbonyl (C=O) groups is 8. The maximum Gasteiger partial charge on any atom is 0 e. The van der Waals surface area contributed by atoms with Crippen molar-refractivity contribution in [3.63, 3.8) is 0 Å². The summed E-state index contributed by atoms with van der Waals surface area (Å²) < 4.78 is 19.7. The van der Waals surface area contributed by atoms with Crippen LogP contribution in [0, 0.1) is 0 Å². The van der Waals surface area contributed by atoms with Gasteiger partial charge in [-0.05, 0) is 82.1 Å². The molecule has 7 rings (SSSR count). The van der Waals surface area contributed by atoms with E-state index in [1.807, 2.05) is 63.4 Å². The first-order valence-corrected chi connectivity index (χ1v) is 40.2. The van der Waals surface area contributed by atoms with Gasteiger partial charge in [-0.3, -0.25) is 14.4 Å². The van der Waals surface area contributed by atoms with Gasteiger partial charge in [0.15, 0.2) is 0 Å². The molecule has 4 heterocycles. The van der Waals surface area contributed by atoms with E-state index >= 15 is 0 Å². The van der Waals surface area contributed by atoms with Gasteiger partial charge in [0.1, 0.15) is 23.8 Å². The molecule has 0 aromatic heterocycles. The number of hydrogen-bond acceptors (Lipinski definition) is 12. The molecule has 4 saturated heterocycles. The zero-order chi connectivity index (χ0) is 68.4. The van der Waals surface area contributed by atoms with Crippen molar-refractivity contribution in [1.29, 1.82) is 0.594 Å². The fourth-order valence-corrected chi connectivity index (χ4v) is 23.8. The van der Waals surface area contributed by atoms with Gasteiger partial charge in [-0.2, -0.15) is 23.5 Å². The Hall–Kier alpha value is -1.23. The van der Waals surface area contributed by atoms with Crippen LogP contribution in [0.2, 0.25) is 0 Å². The van der Waals surface area contributed by atoms with Crippen LogP contribution in [0.4, 0.5) is 9.59 Å². The molecule has 6 unspecified atom stereocenters. The molecule has 4 aliphatic heterocycles. The van der Waals surface area contributed by atoms with Crippen molar-refractivity contribution in [3.05, 3.63) is 59.7 Å². The number of rotatable bonds is 29. The number of unbranched alkanes of at least 4 members (excludes halogenated alkanes) is 8. The van der Waals surface area contributed by atoms with Crippen LogP contribution >= 0.6 is 43.1 Å². The van der Waals surface area contributed by atoms with Gasteiger partial charge in [-0.15, -0.1) is 0 Å². The van der Waals surface area contributed by atoms with E-state index in [0.717, 1.165) is 101 Å². The third-order valence-electron chi connectivity index (χ3n) is 15.6. The molecule has 14 nitrogen and oxygen atoms in total. The summed E-state index contributed by atoms with van der Waals surface area (Å²) in [7, 11) is 0. The molecule has 19 heteroatoms. The molecular weight excluding hydrogens is 1410 g/mol. The number of alkyl halides is 3. The summed E-state index contributed by atoms with van der Waals surface area (Å²) in [5.74, 6) is 3.04. The van der Waals surface area contributed by atoms with Crippen LogP contribution in [0.1, 0.15) is 276 Å². The minimum absolute atomic E-state index is 0. The van der Waals surface area contributed by atoms with Gasteiger partial charge >= 0.3 is 176 Å². The Labute approximate surface area is 641 Å². The summed E-state index contributed by atoms with van der Waals surface area (Å²) in [6, 6.07) is 17.7. The van der Waals surface area contributed by atoms with E-state index < -0.39 is 19.6 Å². The first kappa shape index (κ1) is 88.8. The summed E-state index contributed by atoms with van der Waals surface area (Å²) in [5, 5.41) is 12.9. The molecule has 4 N–H and O–H groups in total. The van der Waals surface area contributed by atoms with Crippen molar-refractivity contribution in [2.24, 2.45) is 0 Å². The van der Waals surface area contributed by atoms with Crippen molar-refractivity contribution in [2.45, 2.75) is 311 Å². The largest absolute Gasteiger partial charge is 0 e. The van der Waals surface area contributed by atoms with Crippen LogP contribution < -0.4 is 21.3 Å². The van der Waals surface area contributed by atoms with E-state index in [1.165, 1.54) is 42.0 Å². The van der Waals surface area contributed by atoms with Gasteiger partial charge in [0.2, 0.25) is 0 Å². The molecule has 2 radical (unpaired) electrons. The van der Waals surface area contributed by atoms with E-state index in [1.54, 1.807) is 6.92 Å². The van der Waals surface area contributed by atoms with Crippen LogP contribution in [-0.4, -0.2) is 169 Å². The second kappa shape index (κ2) is 49.3. The van der Waals surface area contributed by atoms with Crippen molar-refractivity contribution >= 4 is 142 Å². The molecule has 5 aliphatic rings. The molecule has 4 fully saturated rings. The Morgan fingerprint density at radius 1 is 0.543 bits per heavy atom. The minimum Gasteiger partial charge on any atom is 0 e. The number of ether oxygens (including phenoxy) is 2. The van der Waals surface area contributed by atoms with E-state index in [0.29, 0.717) is 78.0 Å². The average Bonchev–Trinajstić information content (AvgIpc) is 1.71. The molecule has 2 aromatic rings. The summed E-state index contributed by atoms with van der Waals surface area (Å²) in [5.41, 5.74) is 4.71. The zero-order valence-electron chi connectivity index (χ0n) is 61.1. The average molecular weight is 1540 g/mol. The first-order chi connectivity index (χ1) is 42.9. The fourth-order valence-electron chi connectivity index (χ4n) is 11.7. The Bertz CT molecular complexity index is 2500. The second-order valence-corrected chi connectivity index (χ2v) is 40.1. The zero-order valence-corrected chi connectivity index (χ0v) is 70.1. The molecule has 518 valence electrons. The number of ketones is 4. The van der Waals surface area contributed by atoms with Gasteiger partial charge in [0.05, 0.1) is 24.2 Å². The van der Waals surface area contributed by atoms with E-state index in [9.17, 15) is 39.0 Å². The van der Waals surface area contributed by atoms with Crippen LogP contribution in [0.25, 0.3) is 11.1 Å². The van der Waals surface area contributed by atoms with Crippen LogP contribution in [0.5, 0.6) is 0 Å². The quantitative estimate of drug-likeness (QED) is 0.0150. The third kappa shape index (κ3) is 37.7. The number of thioether (sulfide) groups is 2. The number of benzene rings is 2. The predicted octanol–water partition coefficient (Wildman–Crippen LogP) is 16.5. The van der Waals surface area contributed by atoms with E-state index in [4.69, 9.17) is 9.47 Å². The Balaban J connectivity index is 0.00000126. The summed E-state index contributed by atoms with van der Waals surface area (Å²) in [6.45, 7) is 32.2. The van der Waals surface area contributed by atoms with Crippen molar-refractivity contribution < 1.29 is 80.5 Å². The molecule has 92 heavy (non-hydrogen) atoms. The van der Waals surface area contributed by atoms with Gasteiger partial charge in [-0.25, -0.2) is 9.59 Å². The molecule has 0 saturated carbocycles. The number of carbonyl (C=O) groups excluding carboxylic acids is 8. The maximum absolute atomic E-state index is 12.7. The van der Waals surface area contributed by atoms with Gasteiger partial charge in [-0.1, -0.05) is 115 Å². The summed E-state index contributed by atoms with van der Waals surface area (Å²) >= 11 is 0.722. The Morgan fingerprint density at radius 3 is 1.24 bits per heavy atom. The number of amides is 4. The number of halogens is 1. The minimum atomic E-state index is -3.14. The molecule has 4 amide bonds. The molecule has 0 bridgehead atoms. The van der Waals surface area contributed by atoms with Crippen molar-refractivity contribution in [2.75, 3.05) is 22.5 Å². The topological polar surface area (TPSA) is 203 Å². The molecule has 1 aliphatic carbocycles. The van der Waals surface area contributed by atoms with Crippen LogP contribution in [0.15, 0.2) is 48.5 Å². The summed E-state index contributed by atoms with van der Waals surface area (Å²) in [6.07, 6.45) is 20.8. The number of hydrogen-bond donors (Lipinski definition) is 4. The van der Waals surface area contributed by atoms with Crippen LogP contribution in [0.3, 0.4) is 0 Å². The van der Waals surface area contributed by atoms with Gasteiger partial charge in [0, 0.05) is 145 Å². The molecule has 2 aromatic carbocycles. The van der Waals surface area contributed by atoms with Crippen LogP contribution in [-0.2, 0) is 71.0 Å². The fraction of sp³-hybridized carbons (Fsp3) is 0.726. The second-order valence-electron chi connectivity index (χ2n) is 27.5. The van der Waals surface area contributed by atoms with Gasteiger partial charge < -0.3 is 35.5 Å². The van der Waals surface area contributed by atoms with E-state index in [-0.39, 0.29) is 162 Å². The van der Waals surface area contributed by atoms with E-state index in [2.05, 4.69) is 127 Å². The van der Waals surface area contributed by atoms with Crippen molar-refractivity contribution in [1.82, 2.24) is 21.3 Å². The number of urea groups is 2. The SMILES string of the molecule is CC(=O)CCCCCCC(=O)CCCCC1SCC2NC(=O)NC21.CC(=O)OC(C)(C)C.CCC.CCC.CCC(=O)OCC1c2ccccc2-c2ccccc21.[3H][IH](CC(=O)CCCCCCC(=O)CCCCC1SCC2NC(=O)NC21)(C(C)(C)C)C(C)(C)C.[K].[Y]. The van der Waals surface area contributed by atoms with Crippen molar-refractivity contribution in [3.8, 4) is 11.1 Å². The standard InChI is InChI=1S/C26H49IN2O3S.C18H30N2O3S.C17H16O2.C6H12O2.2C3H8.K.Y/c1-25(2,3)27(26(4,5)6)17-20(31)15-10-8-7-9-13-19(30)14-11-12-16-22-23-21(18-33-22)28-24(32)29-23;1-13(21)8-4-2-3-5-9-14(22)10-6-7-11-16-17-15(12-24-16)19-18(23)20-17;1-2-17(18)19-11-16-14-9-5-3-7-12(14)13-8-4-6-10-15(13)16;1-5(7)8-6(2,3)4;2*1-3-2;;/h21-23H,7-18,27H2,1-6H3,(H2,28,29,32);15-17H,2-12H2,1H3,(H2,19,20,23);3-10,16H,2,11H2,1H3;1-4H3;2*3H2,1-2H3;;/i27T;;;;;;;. The maximum atomic E-state index is 12.7. The third-order valence-corrected chi connectivity index (χ3v) is 28.8. The monoisotopic (exact) mass is 1540 g/mol. The Kier molecular flexibility index (Phi) is 47.6. The predicted molar refractivity (Wildman–Crippen MR) is 394 cm³/mol. The smallest absolute Gasteiger partial charge is 0 e. The molecule has 0 spiro atoms. The number of nitrogens with one attached hydrogen (secondary N) is 4. The molecule has 6 atom stereocenters.